The van der Waals surface area contributed by atoms with Gasteiger partial charge < -0.3 is 9.09 Å². The molecule has 0 atom stereocenters. The molecule has 1 saturated carbocycles. The first-order valence-corrected chi connectivity index (χ1v) is 9.66. The van der Waals surface area contributed by atoms with E-state index in [9.17, 15) is 4.79 Å². The predicted octanol–water partition coefficient (Wildman–Crippen LogP) is 3.62. The monoisotopic (exact) mass is 383 g/mol. The van der Waals surface area contributed by atoms with Crippen LogP contribution in [-0.4, -0.2) is 24.1 Å². The Bertz CT molecular complexity index is 1410. The fourth-order valence-corrected chi connectivity index (χ4v) is 3.78. The van der Waals surface area contributed by atoms with E-state index in [4.69, 9.17) is 4.52 Å². The van der Waals surface area contributed by atoms with Gasteiger partial charge in [0.15, 0.2) is 0 Å². The molecule has 142 valence electrons. The third-order valence-electron chi connectivity index (χ3n) is 5.41. The molecule has 0 unspecified atom stereocenters. The molecule has 2 aromatic carbocycles. The van der Waals surface area contributed by atoms with E-state index in [1.54, 1.807) is 10.9 Å². The van der Waals surface area contributed by atoms with Gasteiger partial charge >= 0.3 is 0 Å². The van der Waals surface area contributed by atoms with Gasteiger partial charge in [0.1, 0.15) is 17.5 Å². The van der Waals surface area contributed by atoms with E-state index in [1.807, 2.05) is 59.0 Å². The molecule has 3 heterocycles. The van der Waals surface area contributed by atoms with E-state index < -0.39 is 0 Å². The highest BCUT2D eigenvalue weighted by molar-refractivity contribution is 5.83. The average molecular weight is 383 g/mol. The first kappa shape index (κ1) is 16.2. The molecule has 7 heteroatoms. The Morgan fingerprint density at radius 1 is 1.00 bits per heavy atom. The maximum atomic E-state index is 13.6. The second kappa shape index (κ2) is 6.13. The highest BCUT2D eigenvalue weighted by Crippen LogP contribution is 2.39. The van der Waals surface area contributed by atoms with E-state index >= 15 is 0 Å². The van der Waals surface area contributed by atoms with Crippen molar-refractivity contribution in [2.45, 2.75) is 25.3 Å². The van der Waals surface area contributed by atoms with Crippen molar-refractivity contribution in [1.82, 2.24) is 24.1 Å². The van der Waals surface area contributed by atoms with Crippen molar-refractivity contribution in [3.05, 3.63) is 82.7 Å². The number of aromatic nitrogens is 5. The van der Waals surface area contributed by atoms with Crippen molar-refractivity contribution in [1.29, 1.82) is 0 Å². The molecule has 1 fully saturated rings. The molecule has 0 aliphatic heterocycles. The van der Waals surface area contributed by atoms with Crippen LogP contribution in [0.3, 0.4) is 0 Å². The van der Waals surface area contributed by atoms with E-state index in [-0.39, 0.29) is 5.56 Å². The molecular weight excluding hydrogens is 366 g/mol. The van der Waals surface area contributed by atoms with Crippen molar-refractivity contribution >= 4 is 16.6 Å². The largest absolute Gasteiger partial charge is 0.339 e. The van der Waals surface area contributed by atoms with Gasteiger partial charge in [0.05, 0.1) is 17.6 Å². The van der Waals surface area contributed by atoms with Crippen molar-refractivity contribution in [3.63, 3.8) is 0 Å². The van der Waals surface area contributed by atoms with Crippen LogP contribution in [0, 0.1) is 0 Å². The minimum atomic E-state index is -0.127. The van der Waals surface area contributed by atoms with Gasteiger partial charge in [-0.05, 0) is 30.5 Å². The van der Waals surface area contributed by atoms with Crippen LogP contribution in [0.1, 0.15) is 30.2 Å². The van der Waals surface area contributed by atoms with Crippen molar-refractivity contribution in [2.75, 3.05) is 0 Å². The summed E-state index contributed by atoms with van der Waals surface area (Å²) in [6, 6.07) is 17.8. The number of fused-ring (bicyclic) bond motifs is 3. The van der Waals surface area contributed by atoms with Crippen LogP contribution in [0.4, 0.5) is 0 Å². The summed E-state index contributed by atoms with van der Waals surface area (Å²) in [7, 11) is 0. The molecule has 0 amide bonds. The summed E-state index contributed by atoms with van der Waals surface area (Å²) in [5.41, 5.74) is 3.60. The summed E-state index contributed by atoms with van der Waals surface area (Å²) < 4.78 is 9.00. The Balaban J connectivity index is 1.61. The van der Waals surface area contributed by atoms with Crippen LogP contribution in [0.15, 0.2) is 70.2 Å². The first-order valence-electron chi connectivity index (χ1n) is 9.66. The number of hydrogen-bond acceptors (Lipinski definition) is 5. The third-order valence-corrected chi connectivity index (χ3v) is 5.41. The SMILES string of the molecule is O=c1c2c(-c3noc(C4CC4)n3)ncn2c2ccccc2n1Cc1ccccc1. The second-order valence-corrected chi connectivity index (χ2v) is 7.41. The van der Waals surface area contributed by atoms with Crippen molar-refractivity contribution < 1.29 is 4.52 Å². The minimum Gasteiger partial charge on any atom is -0.339 e. The van der Waals surface area contributed by atoms with Crippen LogP contribution >= 0.6 is 0 Å². The predicted molar refractivity (Wildman–Crippen MR) is 108 cm³/mol. The Morgan fingerprint density at radius 2 is 1.76 bits per heavy atom. The molecule has 6 rings (SSSR count). The standard InChI is InChI=1S/C22H17N5O2/c28-22-19-18(20-24-21(29-25-20)15-10-11-15)23-13-27(19)17-9-5-4-8-16(17)26(22)12-14-6-2-1-3-7-14/h1-9,13,15H,10-12H2. The Hall–Kier alpha value is -3.74. The Morgan fingerprint density at radius 3 is 2.55 bits per heavy atom. The van der Waals surface area contributed by atoms with E-state index in [1.165, 1.54) is 0 Å². The van der Waals surface area contributed by atoms with E-state index in [0.29, 0.717) is 35.4 Å². The zero-order valence-corrected chi connectivity index (χ0v) is 15.5. The fourth-order valence-electron chi connectivity index (χ4n) is 3.78. The van der Waals surface area contributed by atoms with E-state index in [2.05, 4.69) is 15.1 Å². The lowest BCUT2D eigenvalue weighted by Gasteiger charge is -2.12. The number of benzene rings is 2. The van der Waals surface area contributed by atoms with Gasteiger partial charge in [-0.2, -0.15) is 4.98 Å². The topological polar surface area (TPSA) is 78.2 Å². The molecule has 29 heavy (non-hydrogen) atoms. The maximum Gasteiger partial charge on any atom is 0.278 e. The summed E-state index contributed by atoms with van der Waals surface area (Å²) in [5, 5.41) is 4.09. The zero-order valence-electron chi connectivity index (χ0n) is 15.5. The quantitative estimate of drug-likeness (QED) is 0.474. The number of hydrogen-bond donors (Lipinski definition) is 0. The Labute approximate surface area is 165 Å². The van der Waals surface area contributed by atoms with Crippen LogP contribution < -0.4 is 5.56 Å². The highest BCUT2D eigenvalue weighted by atomic mass is 16.5. The summed E-state index contributed by atoms with van der Waals surface area (Å²) in [5.74, 6) is 1.35. The molecule has 0 bridgehead atoms. The molecule has 3 aromatic heterocycles. The minimum absolute atomic E-state index is 0.127. The Kier molecular flexibility index (Phi) is 3.43. The van der Waals surface area contributed by atoms with Gasteiger partial charge in [-0.1, -0.05) is 47.6 Å². The normalized spacial score (nSPS) is 14.1. The first-order chi connectivity index (χ1) is 14.3. The van der Waals surface area contributed by atoms with Crippen LogP contribution in [-0.2, 0) is 6.54 Å². The lowest BCUT2D eigenvalue weighted by atomic mass is 10.2. The third kappa shape index (κ3) is 2.58. The maximum absolute atomic E-state index is 13.6. The smallest absolute Gasteiger partial charge is 0.278 e. The van der Waals surface area contributed by atoms with Crippen molar-refractivity contribution in [3.8, 4) is 11.5 Å². The van der Waals surface area contributed by atoms with Gasteiger partial charge in [-0.25, -0.2) is 4.98 Å². The van der Waals surface area contributed by atoms with Gasteiger partial charge in [0.2, 0.25) is 11.7 Å². The van der Waals surface area contributed by atoms with Crippen molar-refractivity contribution in [2.24, 2.45) is 0 Å². The molecule has 0 radical (unpaired) electrons. The molecule has 1 aliphatic carbocycles. The molecule has 0 saturated heterocycles. The molecule has 1 aliphatic rings. The zero-order chi connectivity index (χ0) is 19.4. The fraction of sp³-hybridized carbons (Fsp3) is 0.182. The lowest BCUT2D eigenvalue weighted by Crippen LogP contribution is -2.23. The van der Waals surface area contributed by atoms with Gasteiger partial charge in [-0.3, -0.25) is 9.20 Å². The van der Waals surface area contributed by atoms with Gasteiger partial charge in [-0.15, -0.1) is 0 Å². The summed E-state index contributed by atoms with van der Waals surface area (Å²) >= 11 is 0. The van der Waals surface area contributed by atoms with E-state index in [0.717, 1.165) is 29.4 Å². The van der Waals surface area contributed by atoms with Crippen LogP contribution in [0.5, 0.6) is 0 Å². The summed E-state index contributed by atoms with van der Waals surface area (Å²) in [6.07, 6.45) is 3.80. The molecule has 0 N–H and O–H groups in total. The number of rotatable bonds is 4. The highest BCUT2D eigenvalue weighted by Gasteiger charge is 2.30. The molecule has 7 nitrogen and oxygen atoms in total. The number of para-hydroxylation sites is 2. The molecule has 0 spiro atoms. The van der Waals surface area contributed by atoms with Gasteiger partial charge in [0.25, 0.3) is 5.56 Å². The lowest BCUT2D eigenvalue weighted by molar-refractivity contribution is 0.380. The summed E-state index contributed by atoms with van der Waals surface area (Å²) in [6.45, 7) is 0.473. The molecular formula is C22H17N5O2. The average Bonchev–Trinajstić information content (AvgIpc) is 3.32. The van der Waals surface area contributed by atoms with Crippen LogP contribution in [0.2, 0.25) is 0 Å². The second-order valence-electron chi connectivity index (χ2n) is 7.41. The number of nitrogens with zero attached hydrogens (tertiary/aromatic N) is 5. The summed E-state index contributed by atoms with van der Waals surface area (Å²) in [4.78, 5) is 22.6. The number of imidazole rings is 1. The molecule has 5 aromatic rings. The van der Waals surface area contributed by atoms with Gasteiger partial charge in [0, 0.05) is 5.92 Å². The van der Waals surface area contributed by atoms with Crippen LogP contribution in [0.25, 0.3) is 28.1 Å².